The number of hydrogen-bond donors (Lipinski definition) is 0. The normalized spacial score (nSPS) is 21.7. The molecule has 2 rings (SSSR count). The Kier molecular flexibility index (Phi) is 9.17. The van der Waals surface area contributed by atoms with Gasteiger partial charge >= 0.3 is 5.97 Å². The van der Waals surface area contributed by atoms with Gasteiger partial charge in [-0.1, -0.05) is 36.0 Å². The predicted octanol–water partition coefficient (Wildman–Crippen LogP) is 6.06. The van der Waals surface area contributed by atoms with Crippen molar-refractivity contribution in [3.8, 4) is 0 Å². The minimum atomic E-state index is -0.208. The van der Waals surface area contributed by atoms with Crippen molar-refractivity contribution < 1.29 is 19.1 Å². The molecule has 1 aliphatic heterocycles. The summed E-state index contributed by atoms with van der Waals surface area (Å²) < 4.78 is 5.42. The fourth-order valence-electron chi connectivity index (χ4n) is 3.66. The van der Waals surface area contributed by atoms with Gasteiger partial charge in [0, 0.05) is 16.7 Å². The molecule has 1 atom stereocenters. The van der Waals surface area contributed by atoms with E-state index in [1.54, 1.807) is 6.92 Å². The van der Waals surface area contributed by atoms with Crippen molar-refractivity contribution in [1.29, 1.82) is 0 Å². The Morgan fingerprint density at radius 1 is 1.06 bits per heavy atom. The fraction of sp³-hybridized carbons (Fsp3) is 0.444. The maximum Gasteiger partial charge on any atom is 0.334 e. The molecule has 0 spiro atoms. The largest absolute Gasteiger partial charge is 0.455 e. The van der Waals surface area contributed by atoms with Crippen LogP contribution in [0.25, 0.3) is 0 Å². The fourth-order valence-corrected chi connectivity index (χ4v) is 3.66. The van der Waals surface area contributed by atoms with Gasteiger partial charge in [-0.05, 0) is 90.4 Å². The third kappa shape index (κ3) is 7.78. The van der Waals surface area contributed by atoms with Crippen LogP contribution in [0.4, 0.5) is 0 Å². The van der Waals surface area contributed by atoms with Crippen molar-refractivity contribution in [2.24, 2.45) is 0 Å². The lowest BCUT2D eigenvalue weighted by molar-refractivity contribution is -0.145. The first-order valence-corrected chi connectivity index (χ1v) is 11.0. The summed E-state index contributed by atoms with van der Waals surface area (Å²) in [6.45, 7) is 11.6. The molecule has 31 heavy (non-hydrogen) atoms. The number of Topliss-reactive ketones (excluding diaryl/α,β-unsaturated/α-hetero) is 1. The van der Waals surface area contributed by atoms with E-state index in [1.165, 1.54) is 23.3 Å². The van der Waals surface area contributed by atoms with E-state index < -0.39 is 0 Å². The van der Waals surface area contributed by atoms with Crippen molar-refractivity contribution in [3.63, 3.8) is 0 Å². The van der Waals surface area contributed by atoms with Crippen molar-refractivity contribution in [2.75, 3.05) is 0 Å². The molecule has 0 unspecified atom stereocenters. The van der Waals surface area contributed by atoms with Gasteiger partial charge in [-0.15, -0.1) is 0 Å². The molecule has 0 amide bonds. The van der Waals surface area contributed by atoms with E-state index >= 15 is 0 Å². The van der Waals surface area contributed by atoms with E-state index in [-0.39, 0.29) is 23.6 Å². The number of allylic oxidation sites excluding steroid dienone is 9. The molecule has 2 aliphatic rings. The topological polar surface area (TPSA) is 60.4 Å². The zero-order chi connectivity index (χ0) is 23.0. The Bertz CT molecular complexity index is 906. The number of hydrogen-bond acceptors (Lipinski definition) is 4. The van der Waals surface area contributed by atoms with Gasteiger partial charge in [0.15, 0.2) is 11.6 Å². The van der Waals surface area contributed by atoms with Crippen molar-refractivity contribution in [1.82, 2.24) is 0 Å². The minimum absolute atomic E-state index is 0.0366. The standard InChI is InChI=1S/C27H34O4/c1-18(2)25-15-14-22(27(30)31-25)11-7-10-19(3)8-6-9-20(4)12-13-23-17-24(28)16-21(5)26(23)29/h8,11-12,16-17,25H,1,6-7,9-10,13-15H2,2-5H3/b19-8+,20-12+,22-11-/t25-/m1/s1. The number of esters is 1. The van der Waals surface area contributed by atoms with E-state index in [1.807, 2.05) is 19.1 Å². The van der Waals surface area contributed by atoms with Crippen LogP contribution in [0, 0.1) is 0 Å². The van der Waals surface area contributed by atoms with Crippen LogP contribution in [0.5, 0.6) is 0 Å². The number of carbonyl (C=O) groups excluding carboxylic acids is 3. The van der Waals surface area contributed by atoms with Gasteiger partial charge in [-0.2, -0.15) is 0 Å². The zero-order valence-corrected chi connectivity index (χ0v) is 19.3. The van der Waals surface area contributed by atoms with Crippen LogP contribution in [0.1, 0.15) is 72.6 Å². The summed E-state index contributed by atoms with van der Waals surface area (Å²) >= 11 is 0. The van der Waals surface area contributed by atoms with Gasteiger partial charge in [-0.3, -0.25) is 9.59 Å². The molecule has 0 aromatic carbocycles. The van der Waals surface area contributed by atoms with Crippen molar-refractivity contribution >= 4 is 17.5 Å². The molecule has 0 bridgehead atoms. The summed E-state index contributed by atoms with van der Waals surface area (Å²) in [6.07, 6.45) is 14.6. The number of cyclic esters (lactones) is 1. The lowest BCUT2D eigenvalue weighted by atomic mass is 9.94. The van der Waals surface area contributed by atoms with E-state index in [0.717, 1.165) is 49.7 Å². The first-order valence-electron chi connectivity index (χ1n) is 11.0. The van der Waals surface area contributed by atoms with Crippen molar-refractivity contribution in [3.05, 3.63) is 70.4 Å². The SMILES string of the molecule is C=C(C)[C@H]1CC/C(=C/CC/C(C)=C/CC/C(C)=C/CC2=CC(=O)C=C(C)C2=O)C(=O)O1. The van der Waals surface area contributed by atoms with E-state index in [4.69, 9.17) is 4.74 Å². The molecule has 1 fully saturated rings. The van der Waals surface area contributed by atoms with Crippen molar-refractivity contribution in [2.45, 2.75) is 78.7 Å². The molecular formula is C27H34O4. The second-order valence-electron chi connectivity index (χ2n) is 8.62. The van der Waals surface area contributed by atoms with Gasteiger partial charge in [-0.25, -0.2) is 4.79 Å². The number of rotatable bonds is 9. The Hall–Kier alpha value is -2.75. The third-order valence-corrected chi connectivity index (χ3v) is 5.69. The average Bonchev–Trinajstić information content (AvgIpc) is 2.70. The smallest absolute Gasteiger partial charge is 0.334 e. The first-order chi connectivity index (χ1) is 14.7. The molecule has 1 heterocycles. The van der Waals surface area contributed by atoms with E-state index in [2.05, 4.69) is 26.5 Å². The molecule has 4 nitrogen and oxygen atoms in total. The van der Waals surface area contributed by atoms with Gasteiger partial charge in [0.25, 0.3) is 0 Å². The van der Waals surface area contributed by atoms with Crippen LogP contribution in [-0.2, 0) is 19.1 Å². The van der Waals surface area contributed by atoms with Gasteiger partial charge in [0.05, 0.1) is 0 Å². The summed E-state index contributed by atoms with van der Waals surface area (Å²) in [7, 11) is 0. The quantitative estimate of drug-likeness (QED) is 0.196. The van der Waals surface area contributed by atoms with Crippen LogP contribution >= 0.6 is 0 Å². The molecule has 1 saturated heterocycles. The van der Waals surface area contributed by atoms with Crippen LogP contribution in [0.2, 0.25) is 0 Å². The summed E-state index contributed by atoms with van der Waals surface area (Å²) in [4.78, 5) is 35.8. The molecule has 1 aliphatic carbocycles. The molecule has 0 saturated carbocycles. The minimum Gasteiger partial charge on any atom is -0.455 e. The summed E-state index contributed by atoms with van der Waals surface area (Å²) in [5, 5.41) is 0. The Balaban J connectivity index is 1.74. The Morgan fingerprint density at radius 2 is 1.74 bits per heavy atom. The Morgan fingerprint density at radius 3 is 2.42 bits per heavy atom. The highest BCUT2D eigenvalue weighted by Crippen LogP contribution is 2.24. The van der Waals surface area contributed by atoms with Crippen LogP contribution in [-0.4, -0.2) is 23.6 Å². The number of ketones is 2. The lowest BCUT2D eigenvalue weighted by Crippen LogP contribution is -2.26. The first kappa shape index (κ1) is 24.5. The van der Waals surface area contributed by atoms with Crippen LogP contribution in [0.3, 0.4) is 0 Å². The maximum atomic E-state index is 12.1. The van der Waals surface area contributed by atoms with E-state index in [9.17, 15) is 14.4 Å². The molecule has 0 aromatic rings. The highest BCUT2D eigenvalue weighted by molar-refractivity contribution is 6.20. The second-order valence-corrected chi connectivity index (χ2v) is 8.62. The predicted molar refractivity (Wildman–Crippen MR) is 124 cm³/mol. The van der Waals surface area contributed by atoms with E-state index in [0.29, 0.717) is 17.6 Å². The molecular weight excluding hydrogens is 388 g/mol. The molecule has 0 radical (unpaired) electrons. The monoisotopic (exact) mass is 422 g/mol. The van der Waals surface area contributed by atoms with Crippen LogP contribution < -0.4 is 0 Å². The highest BCUT2D eigenvalue weighted by Gasteiger charge is 2.24. The average molecular weight is 423 g/mol. The zero-order valence-electron chi connectivity index (χ0n) is 19.3. The summed E-state index contributed by atoms with van der Waals surface area (Å²) in [6, 6.07) is 0. The molecule has 4 heteroatoms. The van der Waals surface area contributed by atoms with Gasteiger partial charge < -0.3 is 4.74 Å². The molecule has 0 N–H and O–H groups in total. The molecule has 0 aromatic heterocycles. The number of carbonyl (C=O) groups is 3. The summed E-state index contributed by atoms with van der Waals surface area (Å²) in [5.41, 5.74) is 5.26. The van der Waals surface area contributed by atoms with Gasteiger partial charge in [0.2, 0.25) is 0 Å². The summed E-state index contributed by atoms with van der Waals surface area (Å²) in [5.74, 6) is -0.352. The highest BCUT2D eigenvalue weighted by atomic mass is 16.5. The second kappa shape index (κ2) is 11.6. The molecule has 166 valence electrons. The maximum absolute atomic E-state index is 12.1. The Labute approximate surface area is 186 Å². The van der Waals surface area contributed by atoms with Crippen LogP contribution in [0.15, 0.2) is 70.4 Å². The number of ether oxygens (including phenoxy) is 1. The lowest BCUT2D eigenvalue weighted by Gasteiger charge is -2.24. The third-order valence-electron chi connectivity index (χ3n) is 5.69. The van der Waals surface area contributed by atoms with Gasteiger partial charge in [0.1, 0.15) is 6.10 Å².